The fourth-order valence-corrected chi connectivity index (χ4v) is 3.10. The number of amides is 2. The second-order valence-corrected chi connectivity index (χ2v) is 6.17. The molecule has 118 valence electrons. The van der Waals surface area contributed by atoms with Gasteiger partial charge in [-0.2, -0.15) is 0 Å². The van der Waals surface area contributed by atoms with Gasteiger partial charge in [0.25, 0.3) is 11.8 Å². The molecule has 2 aromatic carbocycles. The van der Waals surface area contributed by atoms with Crippen LogP contribution in [0.1, 0.15) is 41.0 Å². The molecule has 1 atom stereocenters. The Bertz CT molecular complexity index is 774. The topological polar surface area (TPSA) is 74.7 Å². The van der Waals surface area contributed by atoms with E-state index < -0.39 is 23.8 Å². The predicted octanol–water partition coefficient (Wildman–Crippen LogP) is 2.94. The molecule has 1 N–H and O–H groups in total. The van der Waals surface area contributed by atoms with Gasteiger partial charge in [0.1, 0.15) is 6.04 Å². The normalized spacial score (nSPS) is 15.3. The van der Waals surface area contributed by atoms with Gasteiger partial charge in [0.15, 0.2) is 0 Å². The first-order valence-electron chi connectivity index (χ1n) is 7.54. The molecule has 0 saturated heterocycles. The van der Waals surface area contributed by atoms with Crippen LogP contribution in [0.4, 0.5) is 0 Å². The predicted molar refractivity (Wildman–Crippen MR) is 85.3 cm³/mol. The maximum atomic E-state index is 12.8. The van der Waals surface area contributed by atoms with Gasteiger partial charge in [-0.25, -0.2) is 4.79 Å². The number of hydrogen-bond donors (Lipinski definition) is 1. The van der Waals surface area contributed by atoms with E-state index in [0.29, 0.717) is 16.5 Å². The number of nitrogens with zero attached hydrogens (tertiary/aromatic N) is 1. The lowest BCUT2D eigenvalue weighted by Crippen LogP contribution is -2.51. The van der Waals surface area contributed by atoms with Crippen molar-refractivity contribution >= 4 is 28.6 Å². The highest BCUT2D eigenvalue weighted by Crippen LogP contribution is 2.31. The number of aliphatic carboxylic acids is 1. The summed E-state index contributed by atoms with van der Waals surface area (Å²) in [7, 11) is 0. The molecule has 5 heteroatoms. The molecule has 0 aromatic heterocycles. The van der Waals surface area contributed by atoms with E-state index in [4.69, 9.17) is 0 Å². The Kier molecular flexibility index (Phi) is 3.64. The number of rotatable bonds is 4. The van der Waals surface area contributed by atoms with Crippen LogP contribution in [-0.4, -0.2) is 33.8 Å². The highest BCUT2D eigenvalue weighted by Gasteiger charge is 2.40. The minimum absolute atomic E-state index is 0.0460. The van der Waals surface area contributed by atoms with Crippen molar-refractivity contribution < 1.29 is 19.5 Å². The number of benzene rings is 2. The lowest BCUT2D eigenvalue weighted by atomic mass is 9.91. The van der Waals surface area contributed by atoms with Crippen LogP contribution < -0.4 is 0 Å². The standard InChI is InChI=1S/C18H17NO4/c1-10(2)9-14(18(22)23)19-16(20)12-7-3-5-11-6-4-8-13(15(11)12)17(19)21/h3-8,10,14H,9H2,1-2H3,(H,22,23)/t14-/m1/s1. The molecule has 0 saturated carbocycles. The second kappa shape index (κ2) is 5.50. The van der Waals surface area contributed by atoms with Gasteiger partial charge in [-0.1, -0.05) is 38.1 Å². The average Bonchev–Trinajstić information content (AvgIpc) is 2.51. The Morgan fingerprint density at radius 3 is 2.00 bits per heavy atom. The zero-order valence-electron chi connectivity index (χ0n) is 12.9. The van der Waals surface area contributed by atoms with Gasteiger partial charge in [0.2, 0.25) is 0 Å². The van der Waals surface area contributed by atoms with Crippen LogP contribution in [0.5, 0.6) is 0 Å². The van der Waals surface area contributed by atoms with Crippen molar-refractivity contribution in [3.63, 3.8) is 0 Å². The van der Waals surface area contributed by atoms with Crippen LogP contribution in [0.25, 0.3) is 10.8 Å². The van der Waals surface area contributed by atoms with Crippen LogP contribution in [-0.2, 0) is 4.79 Å². The number of carbonyl (C=O) groups is 3. The Morgan fingerprint density at radius 2 is 1.57 bits per heavy atom. The van der Waals surface area contributed by atoms with Crippen molar-refractivity contribution in [1.82, 2.24) is 4.90 Å². The maximum absolute atomic E-state index is 12.8. The van der Waals surface area contributed by atoms with Gasteiger partial charge in [-0.05, 0) is 29.9 Å². The molecule has 0 bridgehead atoms. The van der Waals surface area contributed by atoms with Crippen LogP contribution in [0.2, 0.25) is 0 Å². The Hall–Kier alpha value is -2.69. The van der Waals surface area contributed by atoms with Crippen LogP contribution in [0, 0.1) is 5.92 Å². The molecule has 0 aliphatic carbocycles. The summed E-state index contributed by atoms with van der Waals surface area (Å²) < 4.78 is 0. The summed E-state index contributed by atoms with van der Waals surface area (Å²) >= 11 is 0. The quantitative estimate of drug-likeness (QED) is 0.881. The van der Waals surface area contributed by atoms with E-state index in [1.54, 1.807) is 24.3 Å². The third-order valence-electron chi connectivity index (χ3n) is 4.09. The maximum Gasteiger partial charge on any atom is 0.326 e. The Morgan fingerprint density at radius 1 is 1.04 bits per heavy atom. The van der Waals surface area contributed by atoms with Crippen molar-refractivity contribution in [3.8, 4) is 0 Å². The van der Waals surface area contributed by atoms with E-state index in [1.807, 2.05) is 26.0 Å². The Labute approximate surface area is 133 Å². The minimum Gasteiger partial charge on any atom is -0.480 e. The molecule has 2 aromatic rings. The van der Waals surface area contributed by atoms with Gasteiger partial charge < -0.3 is 5.11 Å². The second-order valence-electron chi connectivity index (χ2n) is 6.17. The minimum atomic E-state index is -1.16. The van der Waals surface area contributed by atoms with Crippen molar-refractivity contribution in [1.29, 1.82) is 0 Å². The molecular formula is C18H17NO4. The number of carboxylic acids is 1. The molecule has 1 heterocycles. The molecule has 2 amide bonds. The zero-order valence-corrected chi connectivity index (χ0v) is 12.9. The smallest absolute Gasteiger partial charge is 0.326 e. The number of carboxylic acid groups (broad SMARTS) is 1. The third kappa shape index (κ3) is 2.38. The SMILES string of the molecule is CC(C)C[C@H](C(=O)O)N1C(=O)c2cccc3cccc(c23)C1=O. The van der Waals surface area contributed by atoms with E-state index in [-0.39, 0.29) is 12.3 Å². The molecular weight excluding hydrogens is 294 g/mol. The molecule has 0 fully saturated rings. The van der Waals surface area contributed by atoms with Crippen LogP contribution >= 0.6 is 0 Å². The van der Waals surface area contributed by atoms with E-state index in [2.05, 4.69) is 0 Å². The van der Waals surface area contributed by atoms with E-state index in [9.17, 15) is 19.5 Å². The van der Waals surface area contributed by atoms with E-state index >= 15 is 0 Å². The largest absolute Gasteiger partial charge is 0.480 e. The summed E-state index contributed by atoms with van der Waals surface area (Å²) in [6.07, 6.45) is 0.227. The molecule has 23 heavy (non-hydrogen) atoms. The average molecular weight is 311 g/mol. The summed E-state index contributed by atoms with van der Waals surface area (Å²) in [6.45, 7) is 3.73. The molecule has 0 spiro atoms. The highest BCUT2D eigenvalue weighted by atomic mass is 16.4. The molecule has 1 aliphatic heterocycles. The first-order valence-corrected chi connectivity index (χ1v) is 7.54. The van der Waals surface area contributed by atoms with Crippen LogP contribution in [0.15, 0.2) is 36.4 Å². The lowest BCUT2D eigenvalue weighted by Gasteiger charge is -2.32. The summed E-state index contributed by atoms with van der Waals surface area (Å²) in [6, 6.07) is 9.28. The highest BCUT2D eigenvalue weighted by molar-refractivity contribution is 6.26. The first kappa shape index (κ1) is 15.2. The van der Waals surface area contributed by atoms with Crippen molar-refractivity contribution in [2.24, 2.45) is 5.92 Å². The molecule has 0 unspecified atom stereocenters. The summed E-state index contributed by atoms with van der Waals surface area (Å²) in [5, 5.41) is 10.9. The van der Waals surface area contributed by atoms with Gasteiger partial charge in [-0.3, -0.25) is 14.5 Å². The van der Waals surface area contributed by atoms with Crippen LogP contribution in [0.3, 0.4) is 0 Å². The van der Waals surface area contributed by atoms with Crippen molar-refractivity contribution in [3.05, 3.63) is 47.5 Å². The summed E-state index contributed by atoms with van der Waals surface area (Å²) in [5.74, 6) is -2.18. The third-order valence-corrected chi connectivity index (χ3v) is 4.09. The fraction of sp³-hybridized carbons (Fsp3) is 0.278. The van der Waals surface area contributed by atoms with Gasteiger partial charge in [0, 0.05) is 16.5 Å². The molecule has 1 aliphatic rings. The van der Waals surface area contributed by atoms with Gasteiger partial charge in [0.05, 0.1) is 0 Å². The number of imide groups is 1. The van der Waals surface area contributed by atoms with Gasteiger partial charge in [-0.15, -0.1) is 0 Å². The van der Waals surface area contributed by atoms with Gasteiger partial charge >= 0.3 is 5.97 Å². The Balaban J connectivity index is 2.18. The van der Waals surface area contributed by atoms with E-state index in [0.717, 1.165) is 10.3 Å². The van der Waals surface area contributed by atoms with E-state index in [1.165, 1.54) is 0 Å². The lowest BCUT2D eigenvalue weighted by molar-refractivity contribution is -0.142. The fourth-order valence-electron chi connectivity index (χ4n) is 3.10. The number of carbonyl (C=O) groups excluding carboxylic acids is 2. The summed E-state index contributed by atoms with van der Waals surface area (Å²) in [4.78, 5) is 38.1. The molecule has 5 nitrogen and oxygen atoms in total. The summed E-state index contributed by atoms with van der Waals surface area (Å²) in [5.41, 5.74) is 0.764. The molecule has 0 radical (unpaired) electrons. The monoisotopic (exact) mass is 311 g/mol. The van der Waals surface area contributed by atoms with Crippen molar-refractivity contribution in [2.45, 2.75) is 26.3 Å². The van der Waals surface area contributed by atoms with Crippen molar-refractivity contribution in [2.75, 3.05) is 0 Å². The zero-order chi connectivity index (χ0) is 16.7. The first-order chi connectivity index (χ1) is 10.9. The molecule has 3 rings (SSSR count). The number of hydrogen-bond acceptors (Lipinski definition) is 3.